The molecule has 100 valence electrons. The quantitative estimate of drug-likeness (QED) is 0.833. The predicted molar refractivity (Wildman–Crippen MR) is 75.3 cm³/mol. The van der Waals surface area contributed by atoms with Gasteiger partial charge in [-0.05, 0) is 23.3 Å². The monoisotopic (exact) mass is 286 g/mol. The molecular weight excluding hydrogens is 276 g/mol. The summed E-state index contributed by atoms with van der Waals surface area (Å²) in [6.07, 6.45) is 0. The van der Waals surface area contributed by atoms with Gasteiger partial charge in [0.25, 0.3) is 5.91 Å². The van der Waals surface area contributed by atoms with E-state index in [1.165, 1.54) is 0 Å². The lowest BCUT2D eigenvalue weighted by atomic mass is 9.83. The summed E-state index contributed by atoms with van der Waals surface area (Å²) in [5, 5.41) is 5.52. The Labute approximate surface area is 120 Å². The van der Waals surface area contributed by atoms with Gasteiger partial charge >= 0.3 is 6.03 Å². The van der Waals surface area contributed by atoms with Crippen LogP contribution in [0.2, 0.25) is 5.02 Å². The van der Waals surface area contributed by atoms with Crippen molar-refractivity contribution < 1.29 is 9.59 Å². The van der Waals surface area contributed by atoms with Crippen LogP contribution >= 0.6 is 11.6 Å². The van der Waals surface area contributed by atoms with Gasteiger partial charge in [0, 0.05) is 5.02 Å². The Morgan fingerprint density at radius 3 is 2.20 bits per heavy atom. The van der Waals surface area contributed by atoms with Gasteiger partial charge in [-0.1, -0.05) is 54.1 Å². The van der Waals surface area contributed by atoms with Crippen molar-refractivity contribution in [1.82, 2.24) is 10.6 Å². The number of hydrogen-bond acceptors (Lipinski definition) is 2. The Morgan fingerprint density at radius 1 is 0.900 bits per heavy atom. The first kappa shape index (κ1) is 12.7. The van der Waals surface area contributed by atoms with Gasteiger partial charge in [0.2, 0.25) is 0 Å². The maximum atomic E-state index is 12.4. The molecule has 0 radical (unpaired) electrons. The summed E-state index contributed by atoms with van der Waals surface area (Å²) in [6.45, 7) is 0. The van der Waals surface area contributed by atoms with Crippen molar-refractivity contribution in [2.45, 2.75) is 5.54 Å². The summed E-state index contributed by atoms with van der Waals surface area (Å²) in [7, 11) is 0. The molecule has 1 heterocycles. The van der Waals surface area contributed by atoms with Gasteiger partial charge in [0.05, 0.1) is 0 Å². The van der Waals surface area contributed by atoms with E-state index in [0.717, 1.165) is 0 Å². The highest BCUT2D eigenvalue weighted by Crippen LogP contribution is 2.33. The van der Waals surface area contributed by atoms with Crippen LogP contribution in [0.3, 0.4) is 0 Å². The molecule has 1 atom stereocenters. The molecule has 3 rings (SSSR count). The Kier molecular flexibility index (Phi) is 2.95. The molecule has 4 nitrogen and oxygen atoms in total. The number of benzene rings is 2. The number of carbonyl (C=O) groups excluding carboxylic acids is 2. The van der Waals surface area contributed by atoms with Gasteiger partial charge in [-0.25, -0.2) is 4.79 Å². The highest BCUT2D eigenvalue weighted by Gasteiger charge is 2.49. The molecule has 2 aromatic rings. The van der Waals surface area contributed by atoms with Crippen LogP contribution in [-0.2, 0) is 10.3 Å². The van der Waals surface area contributed by atoms with Crippen molar-refractivity contribution in [2.75, 3.05) is 0 Å². The largest absolute Gasteiger partial charge is 0.322 e. The molecule has 0 saturated carbocycles. The molecule has 1 unspecified atom stereocenters. The van der Waals surface area contributed by atoms with Crippen molar-refractivity contribution in [3.8, 4) is 0 Å². The summed E-state index contributed by atoms with van der Waals surface area (Å²) in [5.41, 5.74) is 0.0774. The van der Waals surface area contributed by atoms with Gasteiger partial charge in [0.1, 0.15) is 0 Å². The molecule has 0 bridgehead atoms. The second-order valence-corrected chi connectivity index (χ2v) is 4.97. The minimum atomic E-state index is -1.23. The molecule has 20 heavy (non-hydrogen) atoms. The van der Waals surface area contributed by atoms with Gasteiger partial charge in [-0.2, -0.15) is 0 Å². The molecule has 1 aliphatic rings. The first-order chi connectivity index (χ1) is 9.63. The van der Waals surface area contributed by atoms with Crippen molar-refractivity contribution >= 4 is 23.5 Å². The topological polar surface area (TPSA) is 58.2 Å². The molecule has 3 amide bonds. The summed E-state index contributed by atoms with van der Waals surface area (Å²) < 4.78 is 0. The van der Waals surface area contributed by atoms with Crippen molar-refractivity contribution in [3.63, 3.8) is 0 Å². The molecule has 0 aliphatic carbocycles. The van der Waals surface area contributed by atoms with E-state index in [1.54, 1.807) is 36.4 Å². The average Bonchev–Trinajstić information content (AvgIpc) is 2.75. The zero-order valence-corrected chi connectivity index (χ0v) is 11.1. The number of imide groups is 1. The maximum absolute atomic E-state index is 12.4. The Hall–Kier alpha value is -2.33. The fourth-order valence-corrected chi connectivity index (χ4v) is 2.63. The van der Waals surface area contributed by atoms with E-state index in [-0.39, 0.29) is 0 Å². The first-order valence-electron chi connectivity index (χ1n) is 6.08. The molecule has 5 heteroatoms. The lowest BCUT2D eigenvalue weighted by molar-refractivity contribution is -0.122. The lowest BCUT2D eigenvalue weighted by Crippen LogP contribution is -2.44. The number of carbonyl (C=O) groups is 2. The minimum Gasteiger partial charge on any atom is -0.316 e. The Balaban J connectivity index is 2.24. The molecule has 0 spiro atoms. The highest BCUT2D eigenvalue weighted by atomic mass is 35.5. The van der Waals surface area contributed by atoms with Gasteiger partial charge < -0.3 is 5.32 Å². The number of urea groups is 1. The van der Waals surface area contributed by atoms with Gasteiger partial charge in [-0.3, -0.25) is 10.1 Å². The maximum Gasteiger partial charge on any atom is 0.322 e. The second-order valence-electron chi connectivity index (χ2n) is 4.53. The van der Waals surface area contributed by atoms with Crippen LogP contribution in [0.5, 0.6) is 0 Å². The summed E-state index contributed by atoms with van der Waals surface area (Å²) >= 11 is 6.01. The summed E-state index contributed by atoms with van der Waals surface area (Å²) in [4.78, 5) is 24.0. The van der Waals surface area contributed by atoms with Crippen LogP contribution in [-0.4, -0.2) is 11.9 Å². The molecule has 1 aliphatic heterocycles. The van der Waals surface area contributed by atoms with E-state index in [4.69, 9.17) is 11.6 Å². The van der Waals surface area contributed by atoms with Gasteiger partial charge in [0.15, 0.2) is 5.54 Å². The van der Waals surface area contributed by atoms with E-state index in [2.05, 4.69) is 10.6 Å². The lowest BCUT2D eigenvalue weighted by Gasteiger charge is -2.27. The van der Waals surface area contributed by atoms with Crippen LogP contribution in [0.1, 0.15) is 11.1 Å². The van der Waals surface area contributed by atoms with Crippen molar-refractivity contribution in [2.24, 2.45) is 0 Å². The highest BCUT2D eigenvalue weighted by molar-refractivity contribution is 6.30. The predicted octanol–water partition coefficient (Wildman–Crippen LogP) is 2.42. The van der Waals surface area contributed by atoms with E-state index in [0.29, 0.717) is 16.1 Å². The smallest absolute Gasteiger partial charge is 0.316 e. The molecule has 0 aromatic heterocycles. The molecule has 1 fully saturated rings. The SMILES string of the molecule is O=C1NC(=O)C(c2ccccc2)(c2cccc(Cl)c2)N1. The third-order valence-corrected chi connectivity index (χ3v) is 3.57. The van der Waals surface area contributed by atoms with Crippen LogP contribution in [0.15, 0.2) is 54.6 Å². The van der Waals surface area contributed by atoms with Gasteiger partial charge in [-0.15, -0.1) is 0 Å². The van der Waals surface area contributed by atoms with E-state index >= 15 is 0 Å². The van der Waals surface area contributed by atoms with Crippen molar-refractivity contribution in [3.05, 3.63) is 70.7 Å². The van der Waals surface area contributed by atoms with E-state index < -0.39 is 17.5 Å². The number of nitrogens with one attached hydrogen (secondary N) is 2. The molecule has 2 aromatic carbocycles. The number of amides is 3. The Bertz CT molecular complexity index is 687. The average molecular weight is 287 g/mol. The fourth-order valence-electron chi connectivity index (χ4n) is 2.44. The third-order valence-electron chi connectivity index (χ3n) is 3.33. The molecule has 2 N–H and O–H groups in total. The van der Waals surface area contributed by atoms with E-state index in [1.807, 2.05) is 18.2 Å². The van der Waals surface area contributed by atoms with Crippen LogP contribution in [0, 0.1) is 0 Å². The van der Waals surface area contributed by atoms with Crippen molar-refractivity contribution in [1.29, 1.82) is 0 Å². The van der Waals surface area contributed by atoms with Crippen LogP contribution < -0.4 is 10.6 Å². The molecular formula is C15H11ClN2O2. The minimum absolute atomic E-state index is 0.407. The first-order valence-corrected chi connectivity index (χ1v) is 6.46. The normalized spacial score (nSPS) is 21.4. The zero-order chi connectivity index (χ0) is 14.2. The third kappa shape index (κ3) is 1.85. The number of halogens is 1. The Morgan fingerprint density at radius 2 is 1.60 bits per heavy atom. The standard InChI is InChI=1S/C15H11ClN2O2/c16-12-8-4-7-11(9-12)15(10-5-2-1-3-6-10)13(19)17-14(20)18-15/h1-9H,(H2,17,18,19,20). The number of rotatable bonds is 2. The second kappa shape index (κ2) is 4.65. The van der Waals surface area contributed by atoms with Crippen LogP contribution in [0.4, 0.5) is 4.79 Å². The zero-order valence-electron chi connectivity index (χ0n) is 10.4. The van der Waals surface area contributed by atoms with E-state index in [9.17, 15) is 9.59 Å². The summed E-state index contributed by atoms with van der Waals surface area (Å²) in [6, 6.07) is 15.5. The number of hydrogen-bond donors (Lipinski definition) is 2. The van der Waals surface area contributed by atoms with Crippen LogP contribution in [0.25, 0.3) is 0 Å². The fraction of sp³-hybridized carbons (Fsp3) is 0.0667. The molecule has 1 saturated heterocycles. The summed E-state index contributed by atoms with van der Waals surface area (Å²) in [5.74, 6) is -0.407.